The van der Waals surface area contributed by atoms with Crippen LogP contribution >= 0.6 is 0 Å². The van der Waals surface area contributed by atoms with Gasteiger partial charge in [0.1, 0.15) is 0 Å². The Morgan fingerprint density at radius 3 is 2.30 bits per heavy atom. The molecule has 0 aliphatic heterocycles. The second-order valence-corrected chi connectivity index (χ2v) is 6.50. The highest BCUT2D eigenvalue weighted by atomic mass is 32.2. The minimum atomic E-state index is -3.60. The molecular formula is C16H18N2O4S. The lowest BCUT2D eigenvalue weighted by atomic mass is 10.2. The highest BCUT2D eigenvalue weighted by Gasteiger charge is 2.14. The number of amides is 1. The summed E-state index contributed by atoms with van der Waals surface area (Å²) in [6.45, 7) is 0.478. The molecule has 0 fully saturated rings. The highest BCUT2D eigenvalue weighted by molar-refractivity contribution is 7.89. The Morgan fingerprint density at radius 1 is 1.04 bits per heavy atom. The van der Waals surface area contributed by atoms with Gasteiger partial charge in [-0.2, -0.15) is 0 Å². The molecule has 7 heteroatoms. The molecule has 0 aliphatic carbocycles. The fourth-order valence-electron chi connectivity index (χ4n) is 1.87. The van der Waals surface area contributed by atoms with Crippen molar-refractivity contribution >= 4 is 21.6 Å². The highest BCUT2D eigenvalue weighted by Crippen LogP contribution is 2.13. The number of benzene rings is 2. The van der Waals surface area contributed by atoms with Crippen molar-refractivity contribution < 1.29 is 17.9 Å². The number of carbonyl (C=O) groups is 1. The molecule has 0 unspecified atom stereocenters. The van der Waals surface area contributed by atoms with E-state index < -0.39 is 10.0 Å². The van der Waals surface area contributed by atoms with Crippen molar-refractivity contribution in [2.75, 3.05) is 25.6 Å². The number of hydrogen-bond donors (Lipinski definition) is 2. The van der Waals surface area contributed by atoms with Gasteiger partial charge >= 0.3 is 0 Å². The van der Waals surface area contributed by atoms with E-state index in [-0.39, 0.29) is 24.0 Å². The van der Waals surface area contributed by atoms with Crippen LogP contribution in [-0.2, 0) is 14.8 Å². The first-order valence-corrected chi connectivity index (χ1v) is 8.46. The summed E-state index contributed by atoms with van der Waals surface area (Å²) in [5.74, 6) is -0.299. The van der Waals surface area contributed by atoms with E-state index in [0.29, 0.717) is 11.3 Å². The summed E-state index contributed by atoms with van der Waals surface area (Å²) in [6, 6.07) is 14.8. The normalized spacial score (nSPS) is 11.2. The van der Waals surface area contributed by atoms with Crippen LogP contribution in [0.4, 0.5) is 5.69 Å². The Bertz CT molecular complexity index is 743. The lowest BCUT2D eigenvalue weighted by Gasteiger charge is -2.08. The number of anilines is 1. The average molecular weight is 334 g/mol. The SMILES string of the molecule is COCCNS(=O)(=O)c1ccc(C(=O)Nc2ccccc2)cc1. The Morgan fingerprint density at radius 2 is 1.70 bits per heavy atom. The van der Waals surface area contributed by atoms with Gasteiger partial charge in [-0.05, 0) is 36.4 Å². The Kier molecular flexibility index (Phi) is 5.86. The third kappa shape index (κ3) is 4.88. The van der Waals surface area contributed by atoms with E-state index in [9.17, 15) is 13.2 Å². The largest absolute Gasteiger partial charge is 0.383 e. The smallest absolute Gasteiger partial charge is 0.255 e. The maximum Gasteiger partial charge on any atom is 0.255 e. The van der Waals surface area contributed by atoms with Gasteiger partial charge in [-0.15, -0.1) is 0 Å². The van der Waals surface area contributed by atoms with Crippen LogP contribution in [0.5, 0.6) is 0 Å². The zero-order valence-electron chi connectivity index (χ0n) is 12.7. The number of rotatable bonds is 7. The van der Waals surface area contributed by atoms with Crippen LogP contribution in [0.2, 0.25) is 0 Å². The number of carbonyl (C=O) groups excluding carboxylic acids is 1. The standard InChI is InChI=1S/C16H18N2O4S/c1-22-12-11-17-23(20,21)15-9-7-13(8-10-15)16(19)18-14-5-3-2-4-6-14/h2-10,17H,11-12H2,1H3,(H,18,19). The lowest BCUT2D eigenvalue weighted by molar-refractivity contribution is 0.102. The van der Waals surface area contributed by atoms with E-state index in [0.717, 1.165) is 0 Å². The van der Waals surface area contributed by atoms with Crippen LogP contribution in [0.1, 0.15) is 10.4 Å². The molecule has 0 spiro atoms. The van der Waals surface area contributed by atoms with Crippen molar-refractivity contribution in [1.29, 1.82) is 0 Å². The number of para-hydroxylation sites is 1. The third-order valence-electron chi connectivity index (χ3n) is 3.06. The van der Waals surface area contributed by atoms with E-state index >= 15 is 0 Å². The van der Waals surface area contributed by atoms with Crippen molar-refractivity contribution in [3.05, 3.63) is 60.2 Å². The van der Waals surface area contributed by atoms with Gasteiger partial charge in [-0.1, -0.05) is 18.2 Å². The summed E-state index contributed by atoms with van der Waals surface area (Å²) in [5, 5.41) is 2.74. The lowest BCUT2D eigenvalue weighted by Crippen LogP contribution is -2.27. The van der Waals surface area contributed by atoms with E-state index in [1.165, 1.54) is 31.4 Å². The first-order valence-electron chi connectivity index (χ1n) is 6.98. The molecule has 0 heterocycles. The van der Waals surface area contributed by atoms with Crippen molar-refractivity contribution in [2.45, 2.75) is 4.90 Å². The molecule has 6 nitrogen and oxygen atoms in total. The minimum Gasteiger partial charge on any atom is -0.383 e. The molecule has 122 valence electrons. The van der Waals surface area contributed by atoms with Gasteiger partial charge in [0.25, 0.3) is 5.91 Å². The van der Waals surface area contributed by atoms with Crippen LogP contribution in [0, 0.1) is 0 Å². The first-order chi connectivity index (χ1) is 11.0. The zero-order valence-corrected chi connectivity index (χ0v) is 13.5. The molecule has 0 bridgehead atoms. The quantitative estimate of drug-likeness (QED) is 0.757. The third-order valence-corrected chi connectivity index (χ3v) is 4.53. The van der Waals surface area contributed by atoms with Gasteiger partial charge in [-0.3, -0.25) is 4.79 Å². The second kappa shape index (κ2) is 7.87. The summed E-state index contributed by atoms with van der Waals surface area (Å²) in [7, 11) is -2.10. The molecule has 1 amide bonds. The number of sulfonamides is 1. The summed E-state index contributed by atoms with van der Waals surface area (Å²) in [4.78, 5) is 12.2. The van der Waals surface area contributed by atoms with Crippen LogP contribution < -0.4 is 10.0 Å². The molecule has 2 aromatic rings. The number of nitrogens with one attached hydrogen (secondary N) is 2. The monoisotopic (exact) mass is 334 g/mol. The van der Waals surface area contributed by atoms with E-state index in [4.69, 9.17) is 4.74 Å². The van der Waals surface area contributed by atoms with Crippen LogP contribution in [0.15, 0.2) is 59.5 Å². The summed E-state index contributed by atoms with van der Waals surface area (Å²) in [6.07, 6.45) is 0. The van der Waals surface area contributed by atoms with E-state index in [1.54, 1.807) is 12.1 Å². The fourth-order valence-corrected chi connectivity index (χ4v) is 2.88. The first kappa shape index (κ1) is 17.1. The van der Waals surface area contributed by atoms with E-state index in [2.05, 4.69) is 10.0 Å². The van der Waals surface area contributed by atoms with Crippen molar-refractivity contribution in [3.63, 3.8) is 0 Å². The van der Waals surface area contributed by atoms with Crippen LogP contribution in [-0.4, -0.2) is 34.6 Å². The molecule has 0 saturated carbocycles. The molecule has 2 rings (SSSR count). The fraction of sp³-hybridized carbons (Fsp3) is 0.188. The van der Waals surface area contributed by atoms with Gasteiger partial charge in [0.05, 0.1) is 11.5 Å². The summed E-state index contributed by atoms with van der Waals surface area (Å²) < 4.78 is 31.2. The molecule has 0 radical (unpaired) electrons. The van der Waals surface area contributed by atoms with Gasteiger partial charge in [0, 0.05) is 24.9 Å². The molecule has 0 aliphatic rings. The van der Waals surface area contributed by atoms with Gasteiger partial charge in [0.2, 0.25) is 10.0 Å². The maximum atomic E-state index is 12.1. The zero-order chi connectivity index (χ0) is 16.7. The second-order valence-electron chi connectivity index (χ2n) is 4.74. The van der Waals surface area contributed by atoms with Crippen LogP contribution in [0.3, 0.4) is 0 Å². The summed E-state index contributed by atoms with van der Waals surface area (Å²) >= 11 is 0. The van der Waals surface area contributed by atoms with Crippen molar-refractivity contribution in [1.82, 2.24) is 4.72 Å². The number of ether oxygens (including phenoxy) is 1. The van der Waals surface area contributed by atoms with Gasteiger partial charge in [0.15, 0.2) is 0 Å². The van der Waals surface area contributed by atoms with Gasteiger partial charge < -0.3 is 10.1 Å². The molecule has 0 saturated heterocycles. The van der Waals surface area contributed by atoms with E-state index in [1.807, 2.05) is 18.2 Å². The van der Waals surface area contributed by atoms with Crippen molar-refractivity contribution in [3.8, 4) is 0 Å². The number of hydrogen-bond acceptors (Lipinski definition) is 4. The molecule has 0 aromatic heterocycles. The summed E-state index contributed by atoms with van der Waals surface area (Å²) in [5.41, 5.74) is 1.06. The van der Waals surface area contributed by atoms with Crippen molar-refractivity contribution in [2.24, 2.45) is 0 Å². The molecule has 2 N–H and O–H groups in total. The predicted molar refractivity (Wildman–Crippen MR) is 87.9 cm³/mol. The van der Waals surface area contributed by atoms with Gasteiger partial charge in [-0.25, -0.2) is 13.1 Å². The molecular weight excluding hydrogens is 316 g/mol. The Hall–Kier alpha value is -2.22. The minimum absolute atomic E-state index is 0.102. The topological polar surface area (TPSA) is 84.5 Å². The predicted octanol–water partition coefficient (Wildman–Crippen LogP) is 1.86. The number of methoxy groups -OCH3 is 1. The molecule has 2 aromatic carbocycles. The maximum absolute atomic E-state index is 12.1. The Balaban J connectivity index is 2.05. The molecule has 23 heavy (non-hydrogen) atoms. The molecule has 0 atom stereocenters. The Labute approximate surface area is 135 Å². The average Bonchev–Trinajstić information content (AvgIpc) is 2.56. The van der Waals surface area contributed by atoms with Crippen LogP contribution in [0.25, 0.3) is 0 Å².